The van der Waals surface area contributed by atoms with Crippen LogP contribution in [0.4, 0.5) is 0 Å². The van der Waals surface area contributed by atoms with Crippen molar-refractivity contribution >= 4 is 5.65 Å². The van der Waals surface area contributed by atoms with Gasteiger partial charge in [-0.1, -0.05) is 30.3 Å². The Bertz CT molecular complexity index is 1470. The summed E-state index contributed by atoms with van der Waals surface area (Å²) in [5.74, 6) is 0.533. The van der Waals surface area contributed by atoms with Crippen LogP contribution in [0.15, 0.2) is 78.0 Å². The number of ether oxygens (including phenoxy) is 1. The lowest BCUT2D eigenvalue weighted by atomic mass is 10.1. The van der Waals surface area contributed by atoms with E-state index in [0.717, 1.165) is 39.3 Å². The third-order valence-corrected chi connectivity index (χ3v) is 5.51. The first-order chi connectivity index (χ1) is 15.5. The van der Waals surface area contributed by atoms with Crippen molar-refractivity contribution in [2.75, 3.05) is 0 Å². The van der Waals surface area contributed by atoms with E-state index >= 15 is 0 Å². The smallest absolute Gasteiger partial charge is 0.250 e. The number of imidazole rings is 1. The number of aryl methyl sites for hydroxylation is 3. The minimum absolute atomic E-state index is 0.0547. The second kappa shape index (κ2) is 7.85. The van der Waals surface area contributed by atoms with Crippen LogP contribution in [-0.4, -0.2) is 23.7 Å². The number of aromatic nitrogens is 5. The summed E-state index contributed by atoms with van der Waals surface area (Å²) in [6.45, 7) is 2.46. The molecular formula is C25H23N5O2. The van der Waals surface area contributed by atoms with Crippen LogP contribution < -0.4 is 10.3 Å². The molecule has 0 aliphatic heterocycles. The number of nitrogens with zero attached hydrogens (tertiary/aromatic N) is 5. The Hall–Kier alpha value is -4.13. The van der Waals surface area contributed by atoms with Crippen molar-refractivity contribution in [1.29, 1.82) is 0 Å². The van der Waals surface area contributed by atoms with Gasteiger partial charge in [-0.05, 0) is 30.7 Å². The molecule has 0 amide bonds. The molecule has 7 nitrogen and oxygen atoms in total. The average Bonchev–Trinajstić information content (AvgIpc) is 3.39. The summed E-state index contributed by atoms with van der Waals surface area (Å²) in [5, 5.41) is 4.45. The minimum Gasteiger partial charge on any atom is -0.471 e. The molecule has 0 bridgehead atoms. The van der Waals surface area contributed by atoms with Gasteiger partial charge in [-0.3, -0.25) is 9.48 Å². The quantitative estimate of drug-likeness (QED) is 0.427. The molecule has 0 radical (unpaired) electrons. The van der Waals surface area contributed by atoms with Gasteiger partial charge in [-0.2, -0.15) is 0 Å². The summed E-state index contributed by atoms with van der Waals surface area (Å²) in [6, 6.07) is 17.6. The summed E-state index contributed by atoms with van der Waals surface area (Å²) in [6.07, 6.45) is 5.74. The van der Waals surface area contributed by atoms with Crippen LogP contribution in [0, 0.1) is 6.92 Å². The number of pyridine rings is 2. The molecule has 4 heterocycles. The molecule has 0 N–H and O–H groups in total. The third kappa shape index (κ3) is 3.69. The molecule has 0 saturated carbocycles. The normalized spacial score (nSPS) is 11.2. The maximum Gasteiger partial charge on any atom is 0.250 e. The van der Waals surface area contributed by atoms with E-state index in [9.17, 15) is 4.79 Å². The summed E-state index contributed by atoms with van der Waals surface area (Å²) in [5.41, 5.74) is 6.79. The zero-order valence-electron chi connectivity index (χ0n) is 18.2. The van der Waals surface area contributed by atoms with E-state index in [0.29, 0.717) is 12.5 Å². The molecular weight excluding hydrogens is 402 g/mol. The Morgan fingerprint density at radius 2 is 1.69 bits per heavy atom. The molecule has 0 aliphatic carbocycles. The Kier molecular flexibility index (Phi) is 4.86. The van der Waals surface area contributed by atoms with Gasteiger partial charge in [-0.15, -0.1) is 5.10 Å². The standard InChI is InChI=1S/C25H23N5O2/c1-17-5-4-6-23-26-22(15-30(17)23)19-9-7-18(8-10-19)16-32-25-21(14-29(3)27-25)20-11-12-24(31)28(2)13-20/h4-15H,16H2,1-3H3. The predicted octanol–water partition coefficient (Wildman–Crippen LogP) is 3.99. The fraction of sp³-hybridized carbons (Fsp3) is 0.160. The van der Waals surface area contributed by atoms with E-state index in [4.69, 9.17) is 9.72 Å². The summed E-state index contributed by atoms with van der Waals surface area (Å²) in [4.78, 5) is 16.4. The van der Waals surface area contributed by atoms with E-state index in [1.165, 1.54) is 0 Å². The van der Waals surface area contributed by atoms with Crippen LogP contribution >= 0.6 is 0 Å². The van der Waals surface area contributed by atoms with Crippen LogP contribution in [0.3, 0.4) is 0 Å². The molecule has 0 fully saturated rings. The fourth-order valence-corrected chi connectivity index (χ4v) is 3.74. The molecule has 32 heavy (non-hydrogen) atoms. The largest absolute Gasteiger partial charge is 0.471 e. The van der Waals surface area contributed by atoms with E-state index in [1.54, 1.807) is 34.6 Å². The highest BCUT2D eigenvalue weighted by molar-refractivity contribution is 5.67. The number of hydrogen-bond donors (Lipinski definition) is 0. The van der Waals surface area contributed by atoms with Crippen molar-refractivity contribution in [3.63, 3.8) is 0 Å². The molecule has 5 rings (SSSR count). The SMILES string of the molecule is Cc1cccc2nc(-c3ccc(COc4nn(C)cc4-c4ccc(=O)n(C)c4)cc3)cn12. The van der Waals surface area contributed by atoms with Gasteiger partial charge in [0.25, 0.3) is 0 Å². The Balaban J connectivity index is 1.35. The molecule has 0 spiro atoms. The number of hydrogen-bond acceptors (Lipinski definition) is 4. The van der Waals surface area contributed by atoms with Crippen molar-refractivity contribution < 1.29 is 4.74 Å². The number of fused-ring (bicyclic) bond motifs is 1. The lowest BCUT2D eigenvalue weighted by molar-refractivity contribution is 0.292. The average molecular weight is 425 g/mol. The first kappa shape index (κ1) is 19.8. The van der Waals surface area contributed by atoms with Gasteiger partial charge in [-0.25, -0.2) is 4.98 Å². The second-order valence-corrected chi connectivity index (χ2v) is 7.90. The first-order valence-corrected chi connectivity index (χ1v) is 10.4. The van der Waals surface area contributed by atoms with Gasteiger partial charge < -0.3 is 13.7 Å². The molecule has 0 atom stereocenters. The van der Waals surface area contributed by atoms with Crippen LogP contribution in [0.1, 0.15) is 11.3 Å². The van der Waals surface area contributed by atoms with Crippen molar-refractivity contribution in [2.24, 2.45) is 14.1 Å². The highest BCUT2D eigenvalue weighted by atomic mass is 16.5. The Morgan fingerprint density at radius 1 is 0.906 bits per heavy atom. The zero-order valence-corrected chi connectivity index (χ0v) is 18.2. The highest BCUT2D eigenvalue weighted by Gasteiger charge is 2.13. The molecule has 5 aromatic rings. The van der Waals surface area contributed by atoms with E-state index in [2.05, 4.69) is 40.8 Å². The number of benzene rings is 1. The van der Waals surface area contributed by atoms with Gasteiger partial charge in [0.2, 0.25) is 11.4 Å². The topological polar surface area (TPSA) is 66.4 Å². The van der Waals surface area contributed by atoms with Gasteiger partial charge in [0.05, 0.1) is 11.3 Å². The molecule has 0 unspecified atom stereocenters. The molecule has 4 aromatic heterocycles. The maximum atomic E-state index is 11.7. The Labute approximate surface area is 185 Å². The van der Waals surface area contributed by atoms with Crippen LogP contribution in [0.25, 0.3) is 28.0 Å². The number of rotatable bonds is 5. The van der Waals surface area contributed by atoms with Crippen molar-refractivity contribution in [3.8, 4) is 28.3 Å². The van der Waals surface area contributed by atoms with Crippen molar-refractivity contribution in [2.45, 2.75) is 13.5 Å². The third-order valence-electron chi connectivity index (χ3n) is 5.51. The maximum absolute atomic E-state index is 11.7. The summed E-state index contributed by atoms with van der Waals surface area (Å²) in [7, 11) is 3.58. The van der Waals surface area contributed by atoms with E-state index in [1.807, 2.05) is 37.5 Å². The van der Waals surface area contributed by atoms with E-state index < -0.39 is 0 Å². The van der Waals surface area contributed by atoms with Gasteiger partial charge in [0, 0.05) is 55.6 Å². The van der Waals surface area contributed by atoms with Gasteiger partial charge in [0.15, 0.2) is 0 Å². The molecule has 0 aliphatic rings. The predicted molar refractivity (Wildman–Crippen MR) is 124 cm³/mol. The molecule has 160 valence electrons. The monoisotopic (exact) mass is 425 g/mol. The fourth-order valence-electron chi connectivity index (χ4n) is 3.74. The van der Waals surface area contributed by atoms with Gasteiger partial charge in [0.1, 0.15) is 12.3 Å². The lowest BCUT2D eigenvalue weighted by Crippen LogP contribution is -2.13. The van der Waals surface area contributed by atoms with Crippen molar-refractivity contribution in [3.05, 3.63) is 94.8 Å². The molecule has 0 saturated heterocycles. The lowest BCUT2D eigenvalue weighted by Gasteiger charge is -2.07. The first-order valence-electron chi connectivity index (χ1n) is 10.4. The molecule has 1 aromatic carbocycles. The minimum atomic E-state index is -0.0547. The van der Waals surface area contributed by atoms with Gasteiger partial charge >= 0.3 is 0 Å². The second-order valence-electron chi connectivity index (χ2n) is 7.90. The summed E-state index contributed by atoms with van der Waals surface area (Å²) < 4.78 is 11.4. The Morgan fingerprint density at radius 3 is 2.44 bits per heavy atom. The zero-order chi connectivity index (χ0) is 22.2. The molecule has 7 heteroatoms. The van der Waals surface area contributed by atoms with Crippen LogP contribution in [-0.2, 0) is 20.7 Å². The van der Waals surface area contributed by atoms with E-state index in [-0.39, 0.29) is 5.56 Å². The van der Waals surface area contributed by atoms with Crippen molar-refractivity contribution in [1.82, 2.24) is 23.7 Å². The van der Waals surface area contributed by atoms with Crippen LogP contribution in [0.5, 0.6) is 5.88 Å². The highest BCUT2D eigenvalue weighted by Crippen LogP contribution is 2.28. The van der Waals surface area contributed by atoms with Crippen LogP contribution in [0.2, 0.25) is 0 Å². The summed E-state index contributed by atoms with van der Waals surface area (Å²) >= 11 is 0.